The Morgan fingerprint density at radius 3 is 1.27 bits per heavy atom. The highest BCUT2D eigenvalue weighted by atomic mass is 16.4. The number of hydrogen-bond donors (Lipinski definition) is 8. The zero-order valence-electron chi connectivity index (χ0n) is 19.2. The summed E-state index contributed by atoms with van der Waals surface area (Å²) in [5.41, 5.74) is -2.74. The fourth-order valence-electron chi connectivity index (χ4n) is 2.36. The topological polar surface area (TPSA) is 230 Å². The third-order valence-electron chi connectivity index (χ3n) is 4.20. The number of aliphatic carboxylic acids is 4. The Hall–Kier alpha value is -2.28. The molecule has 0 aliphatic rings. The molecule has 0 aromatic heterocycles. The van der Waals surface area contributed by atoms with Crippen LogP contribution in [0.3, 0.4) is 0 Å². The monoisotopic (exact) mass is 484 g/mol. The molecule has 33 heavy (non-hydrogen) atoms. The number of rotatable bonds is 17. The maximum atomic E-state index is 10.3. The van der Waals surface area contributed by atoms with Gasteiger partial charge in [-0.3, -0.25) is 14.4 Å². The zero-order chi connectivity index (χ0) is 26.3. The van der Waals surface area contributed by atoms with Crippen LogP contribution in [0.2, 0.25) is 0 Å². The van der Waals surface area contributed by atoms with Gasteiger partial charge in [-0.25, -0.2) is 4.79 Å². The largest absolute Gasteiger partial charge is 0.481 e. The van der Waals surface area contributed by atoms with Crippen LogP contribution >= 0.6 is 0 Å². The summed E-state index contributed by atoms with van der Waals surface area (Å²) >= 11 is 0. The standard InChI is InChI=1S/C12H24O2.C6H8O7.C3H8O3/c1-2-3-4-5-6-7-8-9-10-11-12(13)14;7-3(8)1-6(13,5(11)12)2-4(9)10;4-1-3(6)2-5/h2-11H2,1H3,(H,13,14);13H,1-2H2,(H,7,8)(H,9,10)(H,11,12);3-6H,1-2H2. The first kappa shape index (κ1) is 35.3. The smallest absolute Gasteiger partial charge is 0.336 e. The number of carboxylic acid groups (broad SMARTS) is 4. The van der Waals surface area contributed by atoms with Crippen LogP contribution in [0, 0.1) is 0 Å². The quantitative estimate of drug-likeness (QED) is 0.135. The lowest BCUT2D eigenvalue weighted by atomic mass is 9.96. The third-order valence-corrected chi connectivity index (χ3v) is 4.20. The number of aliphatic hydroxyl groups excluding tert-OH is 3. The average Bonchev–Trinajstić information content (AvgIpc) is 2.71. The van der Waals surface area contributed by atoms with Gasteiger partial charge in [-0.1, -0.05) is 58.3 Å². The zero-order valence-corrected chi connectivity index (χ0v) is 19.2. The molecule has 0 aromatic carbocycles. The van der Waals surface area contributed by atoms with Gasteiger partial charge in [0, 0.05) is 6.42 Å². The van der Waals surface area contributed by atoms with E-state index in [1.807, 2.05) is 0 Å². The second-order valence-corrected chi connectivity index (χ2v) is 7.47. The summed E-state index contributed by atoms with van der Waals surface area (Å²) in [5.74, 6) is -5.68. The molecular weight excluding hydrogens is 444 g/mol. The summed E-state index contributed by atoms with van der Waals surface area (Å²) < 4.78 is 0. The molecule has 0 bridgehead atoms. The number of carboxylic acids is 4. The van der Waals surface area contributed by atoms with Crippen LogP contribution in [-0.2, 0) is 19.2 Å². The molecule has 0 saturated carbocycles. The predicted octanol–water partition coefficient (Wildman–Crippen LogP) is 1.08. The highest BCUT2D eigenvalue weighted by Gasteiger charge is 2.40. The summed E-state index contributed by atoms with van der Waals surface area (Å²) in [4.78, 5) is 40.7. The number of carbonyl (C=O) groups is 4. The first-order valence-corrected chi connectivity index (χ1v) is 10.9. The summed E-state index contributed by atoms with van der Waals surface area (Å²) in [6.45, 7) is 1.50. The van der Waals surface area contributed by atoms with Crippen LogP contribution in [0.5, 0.6) is 0 Å². The molecule has 0 aliphatic carbocycles. The van der Waals surface area contributed by atoms with Crippen LogP contribution in [0.25, 0.3) is 0 Å². The fourth-order valence-corrected chi connectivity index (χ4v) is 2.36. The van der Waals surface area contributed by atoms with Crippen molar-refractivity contribution in [1.82, 2.24) is 0 Å². The lowest BCUT2D eigenvalue weighted by Crippen LogP contribution is -2.42. The molecule has 12 nitrogen and oxygen atoms in total. The van der Waals surface area contributed by atoms with Crippen LogP contribution in [0.15, 0.2) is 0 Å². The molecule has 0 radical (unpaired) electrons. The van der Waals surface area contributed by atoms with Crippen molar-refractivity contribution in [3.05, 3.63) is 0 Å². The van der Waals surface area contributed by atoms with Gasteiger partial charge in [0.05, 0.1) is 26.1 Å². The molecule has 0 heterocycles. The summed E-state index contributed by atoms with van der Waals surface area (Å²) in [6.07, 6.45) is 8.24. The summed E-state index contributed by atoms with van der Waals surface area (Å²) in [7, 11) is 0. The lowest BCUT2D eigenvalue weighted by Gasteiger charge is -2.18. The SMILES string of the molecule is CCCCCCCCCCCC(=O)O.O=C(O)CC(O)(CC(=O)O)C(=O)O.OCC(O)CO. The Labute approximate surface area is 193 Å². The second-order valence-electron chi connectivity index (χ2n) is 7.47. The van der Waals surface area contributed by atoms with Crippen molar-refractivity contribution in [1.29, 1.82) is 0 Å². The first-order chi connectivity index (χ1) is 15.4. The average molecular weight is 485 g/mol. The van der Waals surface area contributed by atoms with E-state index in [0.717, 1.165) is 12.8 Å². The van der Waals surface area contributed by atoms with Crippen molar-refractivity contribution in [3.63, 3.8) is 0 Å². The van der Waals surface area contributed by atoms with Gasteiger partial charge >= 0.3 is 23.9 Å². The van der Waals surface area contributed by atoms with Crippen LogP contribution in [0.1, 0.15) is 84.0 Å². The van der Waals surface area contributed by atoms with E-state index in [4.69, 9.17) is 40.9 Å². The molecule has 12 heteroatoms. The predicted molar refractivity (Wildman–Crippen MR) is 117 cm³/mol. The van der Waals surface area contributed by atoms with Gasteiger partial charge in [0.15, 0.2) is 5.60 Å². The summed E-state index contributed by atoms with van der Waals surface area (Å²) in [5, 5.41) is 66.2. The molecule has 8 N–H and O–H groups in total. The van der Waals surface area contributed by atoms with Gasteiger partial charge in [-0.15, -0.1) is 0 Å². The fraction of sp³-hybridized carbons (Fsp3) is 0.810. The van der Waals surface area contributed by atoms with Crippen molar-refractivity contribution >= 4 is 23.9 Å². The minimum atomic E-state index is -2.74. The maximum absolute atomic E-state index is 10.3. The highest BCUT2D eigenvalue weighted by molar-refractivity contribution is 5.88. The van der Waals surface area contributed by atoms with E-state index >= 15 is 0 Å². The lowest BCUT2D eigenvalue weighted by molar-refractivity contribution is -0.170. The molecule has 0 aliphatic heterocycles. The van der Waals surface area contributed by atoms with E-state index in [2.05, 4.69) is 6.92 Å². The molecular formula is C21H40O12. The van der Waals surface area contributed by atoms with Crippen LogP contribution < -0.4 is 0 Å². The van der Waals surface area contributed by atoms with E-state index < -0.39 is 48.4 Å². The van der Waals surface area contributed by atoms with Crippen molar-refractivity contribution in [2.24, 2.45) is 0 Å². The Morgan fingerprint density at radius 2 is 1.03 bits per heavy atom. The van der Waals surface area contributed by atoms with Gasteiger partial charge in [0.25, 0.3) is 0 Å². The Morgan fingerprint density at radius 1 is 0.667 bits per heavy atom. The van der Waals surface area contributed by atoms with Crippen LogP contribution in [-0.4, -0.2) is 89.6 Å². The molecule has 0 saturated heterocycles. The van der Waals surface area contributed by atoms with Crippen molar-refractivity contribution < 1.29 is 60.0 Å². The minimum absolute atomic E-state index is 0.343. The number of hydrogen-bond acceptors (Lipinski definition) is 8. The Kier molecular flexibility index (Phi) is 24.5. The van der Waals surface area contributed by atoms with Crippen molar-refractivity contribution in [2.45, 2.75) is 95.7 Å². The summed E-state index contributed by atoms with van der Waals surface area (Å²) in [6, 6.07) is 0. The Bertz CT molecular complexity index is 515. The van der Waals surface area contributed by atoms with Gasteiger partial charge in [-0.05, 0) is 6.42 Å². The van der Waals surface area contributed by atoms with E-state index in [0.29, 0.717) is 6.42 Å². The Balaban J connectivity index is -0.000000441. The van der Waals surface area contributed by atoms with Crippen molar-refractivity contribution in [2.75, 3.05) is 13.2 Å². The second kappa shape index (κ2) is 22.9. The normalized spacial score (nSPS) is 10.5. The van der Waals surface area contributed by atoms with Gasteiger partial charge in [0.2, 0.25) is 0 Å². The molecule has 0 spiro atoms. The molecule has 0 fully saturated rings. The maximum Gasteiger partial charge on any atom is 0.336 e. The van der Waals surface area contributed by atoms with Gasteiger partial charge < -0.3 is 40.9 Å². The molecule has 196 valence electrons. The minimum Gasteiger partial charge on any atom is -0.481 e. The van der Waals surface area contributed by atoms with E-state index in [9.17, 15) is 19.2 Å². The van der Waals surface area contributed by atoms with Crippen LogP contribution in [0.4, 0.5) is 0 Å². The molecule has 0 unspecified atom stereocenters. The molecule has 0 atom stereocenters. The van der Waals surface area contributed by atoms with Crippen molar-refractivity contribution in [3.8, 4) is 0 Å². The van der Waals surface area contributed by atoms with E-state index in [1.54, 1.807) is 0 Å². The number of unbranched alkanes of at least 4 members (excludes halogenated alkanes) is 8. The molecule has 0 amide bonds. The molecule has 0 rings (SSSR count). The van der Waals surface area contributed by atoms with E-state index in [1.165, 1.54) is 44.9 Å². The van der Waals surface area contributed by atoms with E-state index in [-0.39, 0.29) is 13.2 Å². The first-order valence-electron chi connectivity index (χ1n) is 10.9. The molecule has 0 aromatic rings. The number of aliphatic hydroxyl groups is 4. The van der Waals surface area contributed by atoms with Gasteiger partial charge in [-0.2, -0.15) is 0 Å². The third kappa shape index (κ3) is 27.7. The van der Waals surface area contributed by atoms with Gasteiger partial charge in [0.1, 0.15) is 6.10 Å². The highest BCUT2D eigenvalue weighted by Crippen LogP contribution is 2.15.